The Labute approximate surface area is 204 Å². The molecule has 1 fully saturated rings. The number of rotatable bonds is 6. The second kappa shape index (κ2) is 10.5. The van der Waals surface area contributed by atoms with E-state index in [0.29, 0.717) is 6.42 Å². The molecule has 1 aromatic rings. The van der Waals surface area contributed by atoms with Crippen LogP contribution in [0.5, 0.6) is 0 Å². The van der Waals surface area contributed by atoms with Gasteiger partial charge in [-0.3, -0.25) is 0 Å². The molecule has 5 heteroatoms. The number of hydrogen-bond donors (Lipinski definition) is 1. The van der Waals surface area contributed by atoms with E-state index >= 15 is 0 Å². The Morgan fingerprint density at radius 3 is 2.65 bits per heavy atom. The van der Waals surface area contributed by atoms with E-state index < -0.39 is 0 Å². The maximum absolute atomic E-state index is 9.15. The lowest BCUT2D eigenvalue weighted by molar-refractivity contribution is 0.325. The minimum absolute atomic E-state index is 0.613. The highest BCUT2D eigenvalue weighted by atomic mass is 15.2. The van der Waals surface area contributed by atoms with Crippen LogP contribution in [0, 0.1) is 11.3 Å². The Balaban J connectivity index is 1.73. The van der Waals surface area contributed by atoms with E-state index in [1.54, 1.807) is 6.20 Å². The average Bonchev–Trinajstić information content (AvgIpc) is 2.89. The molecule has 0 amide bonds. The van der Waals surface area contributed by atoms with Crippen molar-refractivity contribution >= 4 is 17.1 Å². The molecule has 0 atom stereocenters. The van der Waals surface area contributed by atoms with E-state index in [1.165, 1.54) is 41.9 Å². The van der Waals surface area contributed by atoms with Crippen molar-refractivity contribution in [1.82, 2.24) is 10.2 Å². The molecule has 176 valence electrons. The fraction of sp³-hybridized carbons (Fsp3) is 0.379. The molecule has 34 heavy (non-hydrogen) atoms. The normalized spacial score (nSPS) is 18.6. The third-order valence-corrected chi connectivity index (χ3v) is 6.79. The molecule has 0 spiro atoms. The Morgan fingerprint density at radius 2 is 2.03 bits per heavy atom. The van der Waals surface area contributed by atoms with Gasteiger partial charge in [-0.15, -0.1) is 5.73 Å². The smallest absolute Gasteiger partial charge is 0.107 e. The Morgan fingerprint density at radius 1 is 1.24 bits per heavy atom. The van der Waals surface area contributed by atoms with Crippen LogP contribution in [0.1, 0.15) is 51.5 Å². The molecule has 0 bridgehead atoms. The number of nitrogens with one attached hydrogen (secondary N) is 1. The van der Waals surface area contributed by atoms with E-state index in [9.17, 15) is 0 Å². The standard InChI is InChI=1S/C29H35N5/c1-5-11-24-19-29(33-16-9-8-10-17-33)25-18-23(13-15-28(25)34(24)7-3)32(4)27(6-2)26-14-12-22(20-30)21-31-26/h11,13-15,18-19,21,31H,2,5,7-10,12,16-17H2,1,3-4H3/b24-11-. The van der Waals surface area contributed by atoms with Crippen molar-refractivity contribution in [3.63, 3.8) is 0 Å². The zero-order valence-electron chi connectivity index (χ0n) is 20.7. The lowest BCUT2D eigenvalue weighted by atomic mass is 9.97. The van der Waals surface area contributed by atoms with Gasteiger partial charge in [-0.25, -0.2) is 0 Å². The van der Waals surface area contributed by atoms with Gasteiger partial charge in [0.05, 0.1) is 17.5 Å². The monoisotopic (exact) mass is 453 g/mol. The van der Waals surface area contributed by atoms with Gasteiger partial charge >= 0.3 is 0 Å². The van der Waals surface area contributed by atoms with Crippen LogP contribution in [-0.2, 0) is 0 Å². The number of piperidine rings is 1. The fourth-order valence-corrected chi connectivity index (χ4v) is 5.00. The van der Waals surface area contributed by atoms with Crippen molar-refractivity contribution in [3.8, 4) is 6.07 Å². The first-order valence-corrected chi connectivity index (χ1v) is 12.4. The second-order valence-corrected chi connectivity index (χ2v) is 8.89. The van der Waals surface area contributed by atoms with Gasteiger partial charge in [0.25, 0.3) is 0 Å². The topological polar surface area (TPSA) is 45.5 Å². The fourth-order valence-electron chi connectivity index (χ4n) is 5.00. The molecule has 3 aliphatic rings. The van der Waals surface area contributed by atoms with Gasteiger partial charge in [-0.2, -0.15) is 5.26 Å². The van der Waals surface area contributed by atoms with Gasteiger partial charge < -0.3 is 20.0 Å². The van der Waals surface area contributed by atoms with Crippen molar-refractivity contribution in [2.75, 3.05) is 36.5 Å². The Hall–Kier alpha value is -3.61. The average molecular weight is 454 g/mol. The minimum Gasteiger partial charge on any atom is -0.371 e. The molecule has 1 saturated heterocycles. The molecule has 0 unspecified atom stereocenters. The predicted octanol–water partition coefficient (Wildman–Crippen LogP) is 6.04. The molecule has 1 N–H and O–H groups in total. The Kier molecular flexibility index (Phi) is 7.30. The molecule has 1 aromatic carbocycles. The summed E-state index contributed by atoms with van der Waals surface area (Å²) in [6, 6.07) is 8.95. The number of likely N-dealkylation sites (tertiary alicyclic amines) is 1. The van der Waals surface area contributed by atoms with Gasteiger partial charge in [0.1, 0.15) is 5.70 Å². The largest absolute Gasteiger partial charge is 0.371 e. The van der Waals surface area contributed by atoms with E-state index in [0.717, 1.165) is 48.7 Å². The summed E-state index contributed by atoms with van der Waals surface area (Å²) in [5.41, 5.74) is 11.9. The van der Waals surface area contributed by atoms with E-state index in [1.807, 2.05) is 13.1 Å². The maximum Gasteiger partial charge on any atom is 0.107 e. The van der Waals surface area contributed by atoms with Gasteiger partial charge in [0.15, 0.2) is 0 Å². The molecule has 0 saturated carbocycles. The van der Waals surface area contributed by atoms with Crippen LogP contribution in [0.15, 0.2) is 77.6 Å². The van der Waals surface area contributed by atoms with Crippen LogP contribution >= 0.6 is 0 Å². The number of anilines is 2. The quantitative estimate of drug-likeness (QED) is 0.532. The van der Waals surface area contributed by atoms with Crippen molar-refractivity contribution in [1.29, 1.82) is 5.26 Å². The first-order chi connectivity index (χ1) is 16.6. The van der Waals surface area contributed by atoms with Gasteiger partial charge in [0, 0.05) is 67.5 Å². The Bertz CT molecular complexity index is 1150. The van der Waals surface area contributed by atoms with Crippen molar-refractivity contribution in [2.45, 2.75) is 46.0 Å². The summed E-state index contributed by atoms with van der Waals surface area (Å²) in [4.78, 5) is 7.10. The third-order valence-electron chi connectivity index (χ3n) is 6.79. The number of fused-ring (bicyclic) bond motifs is 1. The molecule has 3 heterocycles. The molecule has 0 aliphatic carbocycles. The van der Waals surface area contributed by atoms with E-state index in [-0.39, 0.29) is 0 Å². The van der Waals surface area contributed by atoms with Crippen molar-refractivity contribution in [2.24, 2.45) is 0 Å². The lowest BCUT2D eigenvalue weighted by Crippen LogP contribution is -2.33. The number of allylic oxidation sites excluding steroid dienone is 4. The van der Waals surface area contributed by atoms with Crippen LogP contribution in [0.25, 0.3) is 5.70 Å². The summed E-state index contributed by atoms with van der Waals surface area (Å²) in [5, 5.41) is 12.4. The first-order valence-electron chi connectivity index (χ1n) is 12.4. The van der Waals surface area contributed by atoms with Crippen LogP contribution < -0.4 is 15.1 Å². The zero-order chi connectivity index (χ0) is 24.1. The number of nitriles is 1. The number of hydrogen-bond acceptors (Lipinski definition) is 5. The van der Waals surface area contributed by atoms with Crippen LogP contribution in [0.2, 0.25) is 0 Å². The van der Waals surface area contributed by atoms with Crippen LogP contribution in [0.4, 0.5) is 11.4 Å². The predicted molar refractivity (Wildman–Crippen MR) is 142 cm³/mol. The van der Waals surface area contributed by atoms with Crippen LogP contribution in [0.3, 0.4) is 0 Å². The van der Waals surface area contributed by atoms with E-state index in [4.69, 9.17) is 5.26 Å². The first kappa shape index (κ1) is 23.5. The number of dihydropyridines is 1. The molecule has 4 rings (SSSR count). The molecule has 3 aliphatic heterocycles. The summed E-state index contributed by atoms with van der Waals surface area (Å²) in [6.45, 7) is 11.5. The summed E-state index contributed by atoms with van der Waals surface area (Å²) in [6.07, 6.45) is 14.0. The number of likely N-dealkylation sites (N-methyl/N-ethyl adjacent to an activating group) is 2. The summed E-state index contributed by atoms with van der Waals surface area (Å²) in [5.74, 6) is 0. The highest BCUT2D eigenvalue weighted by Crippen LogP contribution is 2.41. The second-order valence-electron chi connectivity index (χ2n) is 8.89. The highest BCUT2D eigenvalue weighted by Gasteiger charge is 2.27. The van der Waals surface area contributed by atoms with Crippen molar-refractivity contribution in [3.05, 3.63) is 83.2 Å². The SMILES string of the molecule is C=C=C(C1=CCC(C#N)=CN1)N(C)c1ccc2c(c1)C(N1CCCCC1)=C/C(=C/CC)N2CC. The summed E-state index contributed by atoms with van der Waals surface area (Å²) < 4.78 is 0. The minimum atomic E-state index is 0.613. The molecule has 0 radical (unpaired) electrons. The van der Waals surface area contributed by atoms with Crippen molar-refractivity contribution < 1.29 is 0 Å². The van der Waals surface area contributed by atoms with E-state index in [2.05, 4.69) is 82.6 Å². The maximum atomic E-state index is 9.15. The highest BCUT2D eigenvalue weighted by molar-refractivity contribution is 5.86. The molecule has 5 nitrogen and oxygen atoms in total. The van der Waals surface area contributed by atoms with Gasteiger partial charge in [-0.1, -0.05) is 25.7 Å². The molecular formula is C29H35N5. The number of nitrogens with zero attached hydrogens (tertiary/aromatic N) is 4. The molecule has 0 aromatic heterocycles. The number of benzene rings is 1. The lowest BCUT2D eigenvalue weighted by Gasteiger charge is -2.39. The summed E-state index contributed by atoms with van der Waals surface area (Å²) >= 11 is 0. The molecular weight excluding hydrogens is 418 g/mol. The zero-order valence-corrected chi connectivity index (χ0v) is 20.7. The van der Waals surface area contributed by atoms with Gasteiger partial charge in [-0.05, 0) is 56.9 Å². The summed E-state index contributed by atoms with van der Waals surface area (Å²) in [7, 11) is 2.05. The van der Waals surface area contributed by atoms with Gasteiger partial charge in [0.2, 0.25) is 0 Å². The van der Waals surface area contributed by atoms with Crippen LogP contribution in [-0.4, -0.2) is 31.6 Å². The third kappa shape index (κ3) is 4.55.